The molecule has 0 unspecified atom stereocenters. The summed E-state index contributed by atoms with van der Waals surface area (Å²) in [7, 11) is -1.13. The van der Waals surface area contributed by atoms with E-state index in [1.807, 2.05) is 49.2 Å². The van der Waals surface area contributed by atoms with E-state index < -0.39 is 9.84 Å². The fourth-order valence-corrected chi connectivity index (χ4v) is 4.93. The quantitative estimate of drug-likeness (QED) is 0.828. The summed E-state index contributed by atoms with van der Waals surface area (Å²) in [5, 5.41) is 7.26. The molecule has 1 fully saturated rings. The molecule has 1 aliphatic rings. The Morgan fingerprint density at radius 3 is 2.73 bits per heavy atom. The largest absolute Gasteiger partial charge is 0.310 e. The van der Waals surface area contributed by atoms with Crippen molar-refractivity contribution in [2.24, 2.45) is 0 Å². The first-order valence-electron chi connectivity index (χ1n) is 8.61. The number of hydrogen-bond donors (Lipinski definition) is 1. The van der Waals surface area contributed by atoms with Crippen molar-refractivity contribution in [3.63, 3.8) is 0 Å². The molecule has 2 aromatic rings. The molecule has 1 N–H and O–H groups in total. The average molecular weight is 376 g/mol. The Kier molecular flexibility index (Phi) is 5.43. The second kappa shape index (κ2) is 7.59. The average Bonchev–Trinajstić information content (AvgIpc) is 3.10. The predicted molar refractivity (Wildman–Crippen MR) is 101 cm³/mol. The summed E-state index contributed by atoms with van der Waals surface area (Å²) in [5.41, 5.74) is 1.89. The molecular formula is C18H24N4O3S. The summed E-state index contributed by atoms with van der Waals surface area (Å²) in [6, 6.07) is 11.5. The molecule has 0 saturated carbocycles. The summed E-state index contributed by atoms with van der Waals surface area (Å²) in [5.74, 6) is 0.655. The van der Waals surface area contributed by atoms with Crippen LogP contribution in [0.4, 0.5) is 5.82 Å². The third kappa shape index (κ3) is 4.70. The molecule has 26 heavy (non-hydrogen) atoms. The number of sulfone groups is 1. The van der Waals surface area contributed by atoms with E-state index in [4.69, 9.17) is 0 Å². The van der Waals surface area contributed by atoms with Crippen molar-refractivity contribution in [3.8, 4) is 0 Å². The zero-order valence-corrected chi connectivity index (χ0v) is 15.9. The molecule has 1 aliphatic heterocycles. The van der Waals surface area contributed by atoms with Gasteiger partial charge in [-0.25, -0.2) is 13.1 Å². The highest BCUT2D eigenvalue weighted by atomic mass is 32.2. The molecule has 1 saturated heterocycles. The third-order valence-electron chi connectivity index (χ3n) is 4.39. The minimum atomic E-state index is -3.01. The molecule has 1 atom stereocenters. The van der Waals surface area contributed by atoms with Crippen LogP contribution in [0, 0.1) is 6.92 Å². The molecule has 140 valence electrons. The fraction of sp³-hybridized carbons (Fsp3) is 0.444. The molecule has 0 bridgehead atoms. The van der Waals surface area contributed by atoms with Gasteiger partial charge in [-0.05, 0) is 26.0 Å². The van der Waals surface area contributed by atoms with Crippen LogP contribution in [0.1, 0.15) is 23.7 Å². The van der Waals surface area contributed by atoms with Crippen LogP contribution in [0.15, 0.2) is 36.4 Å². The lowest BCUT2D eigenvalue weighted by atomic mass is 10.2. The van der Waals surface area contributed by atoms with Gasteiger partial charge >= 0.3 is 0 Å². The second-order valence-corrected chi connectivity index (χ2v) is 9.11. The van der Waals surface area contributed by atoms with E-state index in [2.05, 4.69) is 10.4 Å². The predicted octanol–water partition coefficient (Wildman–Crippen LogP) is 1.62. The number of aryl methyl sites for hydroxylation is 1. The number of anilines is 1. The Hall–Kier alpha value is -2.19. The zero-order chi connectivity index (χ0) is 18.7. The van der Waals surface area contributed by atoms with Gasteiger partial charge in [0.25, 0.3) is 0 Å². The lowest BCUT2D eigenvalue weighted by Gasteiger charge is -2.18. The summed E-state index contributed by atoms with van der Waals surface area (Å²) in [6.45, 7) is 2.74. The highest BCUT2D eigenvalue weighted by molar-refractivity contribution is 7.91. The molecule has 0 aliphatic carbocycles. The van der Waals surface area contributed by atoms with Crippen molar-refractivity contribution in [1.29, 1.82) is 0 Å². The smallest absolute Gasteiger partial charge is 0.239 e. The van der Waals surface area contributed by atoms with Crippen LogP contribution in [0.3, 0.4) is 0 Å². The first kappa shape index (κ1) is 18.6. The number of aromatic nitrogens is 2. The van der Waals surface area contributed by atoms with Gasteiger partial charge in [0.1, 0.15) is 5.82 Å². The molecule has 0 radical (unpaired) electrons. The molecule has 1 aromatic heterocycles. The van der Waals surface area contributed by atoms with Crippen LogP contribution < -0.4 is 5.32 Å². The highest BCUT2D eigenvalue weighted by Gasteiger charge is 2.31. The van der Waals surface area contributed by atoms with Gasteiger partial charge in [0.15, 0.2) is 9.84 Å². The third-order valence-corrected chi connectivity index (χ3v) is 6.14. The van der Waals surface area contributed by atoms with Crippen molar-refractivity contribution in [2.45, 2.75) is 25.9 Å². The van der Waals surface area contributed by atoms with Crippen LogP contribution in [-0.4, -0.2) is 54.1 Å². The molecular weight excluding hydrogens is 352 g/mol. The van der Waals surface area contributed by atoms with E-state index in [0.717, 1.165) is 11.3 Å². The van der Waals surface area contributed by atoms with Crippen molar-refractivity contribution in [1.82, 2.24) is 14.7 Å². The van der Waals surface area contributed by atoms with Gasteiger partial charge in [0.2, 0.25) is 5.91 Å². The van der Waals surface area contributed by atoms with Gasteiger partial charge < -0.3 is 5.32 Å². The van der Waals surface area contributed by atoms with Crippen molar-refractivity contribution in [3.05, 3.63) is 47.7 Å². The van der Waals surface area contributed by atoms with Crippen molar-refractivity contribution < 1.29 is 13.2 Å². The number of hydrogen-bond acceptors (Lipinski definition) is 5. The van der Waals surface area contributed by atoms with Crippen molar-refractivity contribution in [2.75, 3.05) is 30.4 Å². The van der Waals surface area contributed by atoms with Gasteiger partial charge in [0.05, 0.1) is 29.8 Å². The molecule has 3 rings (SSSR count). The summed E-state index contributed by atoms with van der Waals surface area (Å²) in [6.07, 6.45) is 0.528. The maximum Gasteiger partial charge on any atom is 0.239 e. The Bertz CT molecular complexity index is 877. The van der Waals surface area contributed by atoms with E-state index in [1.54, 1.807) is 10.7 Å². The normalized spacial score (nSPS) is 19.0. The van der Waals surface area contributed by atoms with E-state index in [0.29, 0.717) is 18.8 Å². The number of carbonyl (C=O) groups is 1. The Labute approximate surface area is 153 Å². The number of nitrogens with zero attached hydrogens (tertiary/aromatic N) is 3. The number of nitrogens with one attached hydrogen (secondary N) is 1. The fourth-order valence-electron chi connectivity index (χ4n) is 3.24. The topological polar surface area (TPSA) is 84.3 Å². The van der Waals surface area contributed by atoms with Crippen LogP contribution >= 0.6 is 0 Å². The van der Waals surface area contributed by atoms with Gasteiger partial charge in [0, 0.05) is 12.6 Å². The first-order valence-corrected chi connectivity index (χ1v) is 10.4. The second-order valence-electron chi connectivity index (χ2n) is 6.88. The minimum Gasteiger partial charge on any atom is -0.310 e. The molecule has 1 amide bonds. The number of rotatable bonds is 6. The van der Waals surface area contributed by atoms with Gasteiger partial charge in [-0.2, -0.15) is 5.10 Å². The number of likely N-dealkylation sites (N-methyl/N-ethyl adjacent to an activating group) is 1. The lowest BCUT2D eigenvalue weighted by Crippen LogP contribution is -2.31. The zero-order valence-electron chi connectivity index (χ0n) is 15.1. The van der Waals surface area contributed by atoms with E-state index in [9.17, 15) is 13.2 Å². The van der Waals surface area contributed by atoms with Crippen LogP contribution in [0.5, 0.6) is 0 Å². The standard InChI is InChI=1S/C18H24N4O3S/c1-14-10-17(22(20-14)16-8-9-26(24,25)13-16)19-18(23)12-21(2)11-15-6-4-3-5-7-15/h3-7,10,16H,8-9,11-13H2,1-2H3,(H,19,23)/t16-/m0/s1. The van der Waals surface area contributed by atoms with Crippen LogP contribution in [0.25, 0.3) is 0 Å². The lowest BCUT2D eigenvalue weighted by molar-refractivity contribution is -0.117. The first-order chi connectivity index (χ1) is 12.3. The molecule has 7 nitrogen and oxygen atoms in total. The van der Waals surface area contributed by atoms with Gasteiger partial charge in [-0.3, -0.25) is 9.69 Å². The summed E-state index contributed by atoms with van der Waals surface area (Å²) >= 11 is 0. The van der Waals surface area contributed by atoms with E-state index in [1.165, 1.54) is 0 Å². The molecule has 2 heterocycles. The summed E-state index contributed by atoms with van der Waals surface area (Å²) < 4.78 is 25.1. The molecule has 1 aromatic carbocycles. The SMILES string of the molecule is Cc1cc(NC(=O)CN(C)Cc2ccccc2)n([C@H]2CCS(=O)(=O)C2)n1. The van der Waals surface area contributed by atoms with Crippen LogP contribution in [0.2, 0.25) is 0 Å². The van der Waals surface area contributed by atoms with Crippen LogP contribution in [-0.2, 0) is 21.2 Å². The highest BCUT2D eigenvalue weighted by Crippen LogP contribution is 2.27. The number of amides is 1. The molecule has 8 heteroatoms. The Morgan fingerprint density at radius 1 is 1.35 bits per heavy atom. The Morgan fingerprint density at radius 2 is 2.08 bits per heavy atom. The Balaban J connectivity index is 1.62. The van der Waals surface area contributed by atoms with E-state index in [-0.39, 0.29) is 30.0 Å². The summed E-state index contributed by atoms with van der Waals surface area (Å²) in [4.78, 5) is 14.3. The van der Waals surface area contributed by atoms with Gasteiger partial charge in [-0.1, -0.05) is 30.3 Å². The molecule has 0 spiro atoms. The minimum absolute atomic E-state index is 0.0743. The van der Waals surface area contributed by atoms with Crippen molar-refractivity contribution >= 4 is 21.6 Å². The van der Waals surface area contributed by atoms with E-state index >= 15 is 0 Å². The number of carbonyl (C=O) groups excluding carboxylic acids is 1. The maximum absolute atomic E-state index is 12.4. The monoisotopic (exact) mass is 376 g/mol. The maximum atomic E-state index is 12.4. The van der Waals surface area contributed by atoms with Gasteiger partial charge in [-0.15, -0.1) is 0 Å². The number of benzene rings is 1.